The number of hydrogen-bond donors (Lipinski definition) is 1. The van der Waals surface area contributed by atoms with E-state index in [-0.39, 0.29) is 5.56 Å². The number of nitrogens with zero attached hydrogens (tertiary/aromatic N) is 2. The molecule has 102 valence electrons. The monoisotopic (exact) mass is 303 g/mol. The van der Waals surface area contributed by atoms with Gasteiger partial charge in [-0.25, -0.2) is 4.98 Å². The third-order valence-corrected chi connectivity index (χ3v) is 4.84. The van der Waals surface area contributed by atoms with Gasteiger partial charge >= 0.3 is 0 Å². The minimum atomic E-state index is -0.0167. The molecule has 2 aromatic heterocycles. The SMILES string of the molecule is Cc1csc2nc(CSc3cccc(N)c3)cc(=O)n12. The molecule has 0 aliphatic rings. The van der Waals surface area contributed by atoms with Crippen molar-refractivity contribution in [3.05, 3.63) is 57.5 Å². The fourth-order valence-corrected chi connectivity index (χ4v) is 3.68. The van der Waals surface area contributed by atoms with E-state index in [1.807, 2.05) is 36.6 Å². The van der Waals surface area contributed by atoms with Crippen molar-refractivity contribution >= 4 is 33.7 Å². The molecule has 0 unspecified atom stereocenters. The Morgan fingerprint density at radius 2 is 2.25 bits per heavy atom. The van der Waals surface area contributed by atoms with Crippen molar-refractivity contribution in [3.63, 3.8) is 0 Å². The molecule has 6 heteroatoms. The standard InChI is InChI=1S/C14H13N3OS2/c1-9-7-20-14-16-11(6-13(18)17(9)14)8-19-12-4-2-3-10(15)5-12/h2-7H,8,15H2,1H3. The maximum atomic E-state index is 12.0. The first-order chi connectivity index (χ1) is 9.63. The Kier molecular flexibility index (Phi) is 3.50. The largest absolute Gasteiger partial charge is 0.399 e. The summed E-state index contributed by atoms with van der Waals surface area (Å²) in [5.41, 5.74) is 8.20. The highest BCUT2D eigenvalue weighted by atomic mass is 32.2. The predicted octanol–water partition coefficient (Wildman–Crippen LogP) is 2.94. The average molecular weight is 303 g/mol. The summed E-state index contributed by atoms with van der Waals surface area (Å²) in [4.78, 5) is 18.4. The molecule has 3 aromatic rings. The van der Waals surface area contributed by atoms with E-state index in [1.165, 1.54) is 11.3 Å². The lowest BCUT2D eigenvalue weighted by Crippen LogP contribution is -2.14. The van der Waals surface area contributed by atoms with Crippen molar-refractivity contribution in [2.45, 2.75) is 17.6 Å². The number of nitrogen functional groups attached to an aromatic ring is 1. The Bertz CT molecular complexity index is 823. The number of anilines is 1. The Morgan fingerprint density at radius 1 is 1.40 bits per heavy atom. The van der Waals surface area contributed by atoms with E-state index >= 15 is 0 Å². The van der Waals surface area contributed by atoms with E-state index in [0.29, 0.717) is 5.75 Å². The quantitative estimate of drug-likeness (QED) is 0.597. The Hall–Kier alpha value is -1.79. The summed E-state index contributed by atoms with van der Waals surface area (Å²) in [6, 6.07) is 9.31. The molecule has 1 aromatic carbocycles. The summed E-state index contributed by atoms with van der Waals surface area (Å²) >= 11 is 3.11. The molecule has 0 amide bonds. The van der Waals surface area contributed by atoms with Gasteiger partial charge in [0.1, 0.15) is 0 Å². The van der Waals surface area contributed by atoms with Crippen LogP contribution in [0.15, 0.2) is 45.4 Å². The summed E-state index contributed by atoms with van der Waals surface area (Å²) in [5.74, 6) is 0.659. The molecular weight excluding hydrogens is 290 g/mol. The van der Waals surface area contributed by atoms with E-state index in [0.717, 1.165) is 26.9 Å². The first-order valence-corrected chi connectivity index (χ1v) is 7.95. The summed E-state index contributed by atoms with van der Waals surface area (Å²) in [5, 5.41) is 1.94. The summed E-state index contributed by atoms with van der Waals surface area (Å²) in [6.07, 6.45) is 0. The van der Waals surface area contributed by atoms with Crippen molar-refractivity contribution in [2.24, 2.45) is 0 Å². The second-order valence-corrected chi connectivity index (χ2v) is 6.33. The molecular formula is C14H13N3OS2. The van der Waals surface area contributed by atoms with Crippen LogP contribution in [0.25, 0.3) is 4.96 Å². The highest BCUT2D eigenvalue weighted by Crippen LogP contribution is 2.23. The number of thioether (sulfide) groups is 1. The number of fused-ring (bicyclic) bond motifs is 1. The number of aryl methyl sites for hydroxylation is 1. The predicted molar refractivity (Wildman–Crippen MR) is 84.5 cm³/mol. The van der Waals surface area contributed by atoms with Crippen molar-refractivity contribution < 1.29 is 0 Å². The number of aromatic nitrogens is 2. The minimum Gasteiger partial charge on any atom is -0.399 e. The fourth-order valence-electron chi connectivity index (χ4n) is 1.94. The second-order valence-electron chi connectivity index (χ2n) is 4.44. The lowest BCUT2D eigenvalue weighted by Gasteiger charge is -2.03. The van der Waals surface area contributed by atoms with Gasteiger partial charge < -0.3 is 5.73 Å². The van der Waals surface area contributed by atoms with Crippen LogP contribution in [0.3, 0.4) is 0 Å². The number of benzene rings is 1. The molecule has 2 heterocycles. The van der Waals surface area contributed by atoms with Crippen molar-refractivity contribution in [1.82, 2.24) is 9.38 Å². The molecule has 2 N–H and O–H groups in total. The van der Waals surface area contributed by atoms with Crippen LogP contribution in [0.4, 0.5) is 5.69 Å². The lowest BCUT2D eigenvalue weighted by atomic mass is 10.3. The molecule has 0 radical (unpaired) electrons. The third-order valence-electron chi connectivity index (χ3n) is 2.87. The normalized spacial score (nSPS) is 11.1. The molecule has 0 atom stereocenters. The summed E-state index contributed by atoms with van der Waals surface area (Å²) in [7, 11) is 0. The smallest absolute Gasteiger partial charge is 0.258 e. The molecule has 0 saturated heterocycles. The summed E-state index contributed by atoms with van der Waals surface area (Å²) in [6.45, 7) is 1.91. The van der Waals surface area contributed by atoms with E-state index in [2.05, 4.69) is 4.98 Å². The molecule has 0 spiro atoms. The third kappa shape index (κ3) is 2.57. The van der Waals surface area contributed by atoms with Gasteiger partial charge in [-0.3, -0.25) is 9.20 Å². The maximum Gasteiger partial charge on any atom is 0.258 e. The van der Waals surface area contributed by atoms with Gasteiger partial charge in [0.2, 0.25) is 0 Å². The van der Waals surface area contributed by atoms with Crippen LogP contribution < -0.4 is 11.3 Å². The van der Waals surface area contributed by atoms with E-state index < -0.39 is 0 Å². The van der Waals surface area contributed by atoms with E-state index in [1.54, 1.807) is 22.2 Å². The zero-order valence-electron chi connectivity index (χ0n) is 10.9. The van der Waals surface area contributed by atoms with Gasteiger partial charge in [0.15, 0.2) is 4.96 Å². The molecule has 0 fully saturated rings. The summed E-state index contributed by atoms with van der Waals surface area (Å²) < 4.78 is 1.64. The molecule has 4 nitrogen and oxygen atoms in total. The first-order valence-electron chi connectivity index (χ1n) is 6.08. The van der Waals surface area contributed by atoms with Gasteiger partial charge in [-0.05, 0) is 25.1 Å². The van der Waals surface area contributed by atoms with Gasteiger partial charge in [0.05, 0.1) is 5.69 Å². The highest BCUT2D eigenvalue weighted by Gasteiger charge is 2.06. The van der Waals surface area contributed by atoms with Crippen LogP contribution in [0.1, 0.15) is 11.4 Å². The topological polar surface area (TPSA) is 60.4 Å². The molecule has 0 bridgehead atoms. The van der Waals surface area contributed by atoms with E-state index in [9.17, 15) is 4.79 Å². The molecule has 0 aliphatic heterocycles. The fraction of sp³-hybridized carbons (Fsp3) is 0.143. The van der Waals surface area contributed by atoms with Gasteiger partial charge in [-0.15, -0.1) is 23.1 Å². The zero-order valence-corrected chi connectivity index (χ0v) is 12.5. The zero-order chi connectivity index (χ0) is 14.1. The van der Waals surface area contributed by atoms with Gasteiger partial charge in [0.25, 0.3) is 5.56 Å². The van der Waals surface area contributed by atoms with Gasteiger partial charge in [-0.2, -0.15) is 0 Å². The second kappa shape index (κ2) is 5.30. The van der Waals surface area contributed by atoms with Crippen LogP contribution in [0, 0.1) is 6.92 Å². The lowest BCUT2D eigenvalue weighted by molar-refractivity contribution is 0.997. The van der Waals surface area contributed by atoms with Crippen molar-refractivity contribution in [1.29, 1.82) is 0 Å². The number of hydrogen-bond acceptors (Lipinski definition) is 5. The number of thiazole rings is 1. The van der Waals surface area contributed by atoms with Crippen LogP contribution in [0.5, 0.6) is 0 Å². The average Bonchev–Trinajstić information content (AvgIpc) is 2.79. The molecule has 20 heavy (non-hydrogen) atoms. The Labute approximate surface area is 124 Å². The van der Waals surface area contributed by atoms with Crippen molar-refractivity contribution in [2.75, 3.05) is 5.73 Å². The first kappa shape index (κ1) is 13.2. The van der Waals surface area contributed by atoms with Crippen LogP contribution in [-0.2, 0) is 5.75 Å². The van der Waals surface area contributed by atoms with E-state index in [4.69, 9.17) is 5.73 Å². The van der Waals surface area contributed by atoms with Crippen molar-refractivity contribution in [3.8, 4) is 0 Å². The van der Waals surface area contributed by atoms with Crippen LogP contribution in [-0.4, -0.2) is 9.38 Å². The van der Waals surface area contributed by atoms with Crippen LogP contribution in [0.2, 0.25) is 0 Å². The molecule has 0 aliphatic carbocycles. The highest BCUT2D eigenvalue weighted by molar-refractivity contribution is 7.98. The Balaban J connectivity index is 1.86. The minimum absolute atomic E-state index is 0.0167. The maximum absolute atomic E-state index is 12.0. The molecule has 3 rings (SSSR count). The number of nitrogens with two attached hydrogens (primary N) is 1. The van der Waals surface area contributed by atoms with Gasteiger partial charge in [0, 0.05) is 33.5 Å². The molecule has 0 saturated carbocycles. The van der Waals surface area contributed by atoms with Crippen LogP contribution >= 0.6 is 23.1 Å². The van der Waals surface area contributed by atoms with Gasteiger partial charge in [-0.1, -0.05) is 6.07 Å². The Morgan fingerprint density at radius 3 is 3.05 bits per heavy atom. The number of rotatable bonds is 3.